The first-order valence-corrected chi connectivity index (χ1v) is 6.71. The molecule has 94 valence electrons. The van der Waals surface area contributed by atoms with Crippen LogP contribution in [0.3, 0.4) is 0 Å². The van der Waals surface area contributed by atoms with E-state index in [4.69, 9.17) is 0 Å². The van der Waals surface area contributed by atoms with Gasteiger partial charge < -0.3 is 10.0 Å². The van der Waals surface area contributed by atoms with Crippen molar-refractivity contribution in [1.82, 2.24) is 9.88 Å². The maximum absolute atomic E-state index is 12.3. The number of aliphatic hydroxyl groups is 1. The van der Waals surface area contributed by atoms with Crippen molar-refractivity contribution >= 4 is 17.2 Å². The molecular weight excluding hydrogens is 236 g/mol. The number of nitrogens with zero attached hydrogens (tertiary/aromatic N) is 2. The molecule has 0 saturated heterocycles. The zero-order valence-corrected chi connectivity index (χ0v) is 11.3. The molecular formula is C12H18N2O2S. The van der Waals surface area contributed by atoms with Gasteiger partial charge >= 0.3 is 0 Å². The Hall–Kier alpha value is -0.940. The average molecular weight is 254 g/mol. The minimum Gasteiger partial charge on any atom is -0.391 e. The first-order valence-electron chi connectivity index (χ1n) is 5.90. The Bertz CT molecular complexity index is 430. The second-order valence-electron chi connectivity index (χ2n) is 4.63. The summed E-state index contributed by atoms with van der Waals surface area (Å²) in [5.41, 5.74) is 0.789. The van der Waals surface area contributed by atoms with Crippen molar-refractivity contribution in [2.45, 2.75) is 45.3 Å². The fourth-order valence-electron chi connectivity index (χ4n) is 2.41. The Morgan fingerprint density at radius 1 is 1.47 bits per heavy atom. The number of hydrogen-bond donors (Lipinski definition) is 1. The van der Waals surface area contributed by atoms with Crippen LogP contribution in [0, 0.1) is 13.8 Å². The van der Waals surface area contributed by atoms with Gasteiger partial charge in [0.05, 0.1) is 22.8 Å². The summed E-state index contributed by atoms with van der Waals surface area (Å²) in [6.45, 7) is 3.76. The van der Waals surface area contributed by atoms with Crippen molar-refractivity contribution in [2.24, 2.45) is 0 Å². The molecule has 1 aromatic heterocycles. The van der Waals surface area contributed by atoms with Crippen LogP contribution in [0.1, 0.15) is 39.6 Å². The van der Waals surface area contributed by atoms with E-state index < -0.39 is 0 Å². The van der Waals surface area contributed by atoms with Crippen LogP contribution in [0.5, 0.6) is 0 Å². The zero-order valence-electron chi connectivity index (χ0n) is 10.4. The van der Waals surface area contributed by atoms with Crippen LogP contribution in [0.4, 0.5) is 0 Å². The van der Waals surface area contributed by atoms with E-state index in [1.807, 2.05) is 13.8 Å². The van der Waals surface area contributed by atoms with E-state index >= 15 is 0 Å². The summed E-state index contributed by atoms with van der Waals surface area (Å²) in [6, 6.07) is -0.0377. The largest absolute Gasteiger partial charge is 0.391 e. The van der Waals surface area contributed by atoms with Crippen LogP contribution < -0.4 is 0 Å². The number of aryl methyl sites for hydroxylation is 2. The third kappa shape index (κ3) is 2.35. The summed E-state index contributed by atoms with van der Waals surface area (Å²) in [5, 5.41) is 10.7. The Labute approximate surface area is 105 Å². The number of rotatable bonds is 2. The number of aliphatic hydroxyl groups excluding tert-OH is 1. The molecule has 0 spiro atoms. The molecule has 0 unspecified atom stereocenters. The van der Waals surface area contributed by atoms with E-state index in [0.29, 0.717) is 4.88 Å². The quantitative estimate of drug-likeness (QED) is 0.874. The molecule has 2 rings (SSSR count). The predicted octanol–water partition coefficient (Wildman–Crippen LogP) is 1.75. The number of carbonyl (C=O) groups is 1. The van der Waals surface area contributed by atoms with Crippen molar-refractivity contribution in [3.8, 4) is 0 Å². The summed E-state index contributed by atoms with van der Waals surface area (Å²) in [6.07, 6.45) is 2.30. The fourth-order valence-corrected chi connectivity index (χ4v) is 3.32. The van der Waals surface area contributed by atoms with Gasteiger partial charge in [0.1, 0.15) is 4.88 Å². The monoisotopic (exact) mass is 254 g/mol. The summed E-state index contributed by atoms with van der Waals surface area (Å²) < 4.78 is 0. The molecule has 1 N–H and O–H groups in total. The lowest BCUT2D eigenvalue weighted by Crippen LogP contribution is -2.41. The second kappa shape index (κ2) is 4.74. The van der Waals surface area contributed by atoms with Gasteiger partial charge in [-0.15, -0.1) is 11.3 Å². The molecule has 2 atom stereocenters. The van der Waals surface area contributed by atoms with Gasteiger partial charge in [-0.25, -0.2) is 4.98 Å². The highest BCUT2D eigenvalue weighted by molar-refractivity contribution is 7.13. The smallest absolute Gasteiger partial charge is 0.265 e. The number of aromatic nitrogens is 1. The zero-order chi connectivity index (χ0) is 12.6. The van der Waals surface area contributed by atoms with Gasteiger partial charge in [0.15, 0.2) is 0 Å². The van der Waals surface area contributed by atoms with Gasteiger partial charge in [0.25, 0.3) is 5.91 Å². The first-order chi connectivity index (χ1) is 8.00. The normalized spacial score (nSPS) is 24.0. The fraction of sp³-hybridized carbons (Fsp3) is 0.667. The van der Waals surface area contributed by atoms with Gasteiger partial charge in [-0.1, -0.05) is 0 Å². The van der Waals surface area contributed by atoms with Crippen LogP contribution in [-0.4, -0.2) is 40.1 Å². The molecule has 17 heavy (non-hydrogen) atoms. The topological polar surface area (TPSA) is 53.4 Å². The molecule has 1 amide bonds. The lowest BCUT2D eigenvalue weighted by atomic mass is 10.2. The molecule has 0 aromatic carbocycles. The van der Waals surface area contributed by atoms with Crippen molar-refractivity contribution in [2.75, 3.05) is 7.05 Å². The Kier molecular flexibility index (Phi) is 3.49. The van der Waals surface area contributed by atoms with Crippen molar-refractivity contribution in [3.05, 3.63) is 15.6 Å². The molecule has 0 bridgehead atoms. The minimum atomic E-state index is -0.377. The van der Waals surface area contributed by atoms with Gasteiger partial charge in [0.2, 0.25) is 0 Å². The molecule has 0 aliphatic heterocycles. The van der Waals surface area contributed by atoms with Crippen LogP contribution in [0.2, 0.25) is 0 Å². The Morgan fingerprint density at radius 2 is 2.18 bits per heavy atom. The number of thiazole rings is 1. The lowest BCUT2D eigenvalue weighted by Gasteiger charge is -2.26. The van der Waals surface area contributed by atoms with Crippen molar-refractivity contribution in [3.63, 3.8) is 0 Å². The van der Waals surface area contributed by atoms with Gasteiger partial charge in [-0.3, -0.25) is 4.79 Å². The average Bonchev–Trinajstić information content (AvgIpc) is 2.82. The minimum absolute atomic E-state index is 0.0148. The standard InChI is InChI=1S/C12H18N2O2S/c1-7-11(17-8(2)13-7)12(16)14(3)9-5-4-6-10(9)15/h9-10,15H,4-6H2,1-3H3/t9-,10-/m1/s1. The van der Waals surface area contributed by atoms with Crippen molar-refractivity contribution in [1.29, 1.82) is 0 Å². The third-order valence-electron chi connectivity index (χ3n) is 3.36. The van der Waals surface area contributed by atoms with E-state index in [-0.39, 0.29) is 18.1 Å². The molecule has 0 radical (unpaired) electrons. The highest BCUT2D eigenvalue weighted by atomic mass is 32.1. The van der Waals surface area contributed by atoms with Crippen LogP contribution >= 0.6 is 11.3 Å². The van der Waals surface area contributed by atoms with Crippen LogP contribution in [-0.2, 0) is 0 Å². The SMILES string of the molecule is Cc1nc(C)c(C(=O)N(C)[C@@H]2CCC[C@H]2O)s1. The molecule has 1 aromatic rings. The summed E-state index contributed by atoms with van der Waals surface area (Å²) >= 11 is 1.43. The molecule has 1 fully saturated rings. The lowest BCUT2D eigenvalue weighted by molar-refractivity contribution is 0.0542. The number of hydrogen-bond acceptors (Lipinski definition) is 4. The second-order valence-corrected chi connectivity index (χ2v) is 5.83. The van der Waals surface area contributed by atoms with E-state index in [0.717, 1.165) is 30.0 Å². The number of carbonyl (C=O) groups excluding carboxylic acids is 1. The number of amides is 1. The van der Waals surface area contributed by atoms with Crippen molar-refractivity contribution < 1.29 is 9.90 Å². The third-order valence-corrected chi connectivity index (χ3v) is 4.42. The summed E-state index contributed by atoms with van der Waals surface area (Å²) in [5.74, 6) is -0.0148. The van der Waals surface area contributed by atoms with Gasteiger partial charge in [-0.2, -0.15) is 0 Å². The maximum atomic E-state index is 12.3. The van der Waals surface area contributed by atoms with Crippen LogP contribution in [0.15, 0.2) is 0 Å². The number of likely N-dealkylation sites (N-methyl/N-ethyl adjacent to an activating group) is 1. The maximum Gasteiger partial charge on any atom is 0.265 e. The van der Waals surface area contributed by atoms with E-state index in [1.165, 1.54) is 11.3 Å². The van der Waals surface area contributed by atoms with E-state index in [9.17, 15) is 9.90 Å². The highest BCUT2D eigenvalue weighted by Crippen LogP contribution is 2.26. The van der Waals surface area contributed by atoms with Gasteiger partial charge in [-0.05, 0) is 33.1 Å². The summed E-state index contributed by atoms with van der Waals surface area (Å²) in [7, 11) is 1.77. The molecule has 4 nitrogen and oxygen atoms in total. The molecule has 1 saturated carbocycles. The first kappa shape index (κ1) is 12.5. The highest BCUT2D eigenvalue weighted by Gasteiger charge is 2.32. The molecule has 5 heteroatoms. The summed E-state index contributed by atoms with van der Waals surface area (Å²) in [4.78, 5) is 18.9. The Morgan fingerprint density at radius 3 is 2.65 bits per heavy atom. The van der Waals surface area contributed by atoms with E-state index in [1.54, 1.807) is 11.9 Å². The predicted molar refractivity (Wildman–Crippen MR) is 67.3 cm³/mol. The molecule has 1 aliphatic rings. The Balaban J connectivity index is 2.17. The molecule has 1 heterocycles. The molecule has 1 aliphatic carbocycles. The van der Waals surface area contributed by atoms with Crippen LogP contribution in [0.25, 0.3) is 0 Å². The van der Waals surface area contributed by atoms with Gasteiger partial charge in [0, 0.05) is 7.05 Å². The van der Waals surface area contributed by atoms with E-state index in [2.05, 4.69) is 4.98 Å².